The Labute approximate surface area is 285 Å². The van der Waals surface area contributed by atoms with Gasteiger partial charge in [0, 0.05) is 28.0 Å². The largest absolute Gasteiger partial charge is 0.508 e. The first-order chi connectivity index (χ1) is 22.8. The second kappa shape index (κ2) is 14.6. The second-order valence-corrected chi connectivity index (χ2v) is 14.8. The summed E-state index contributed by atoms with van der Waals surface area (Å²) in [5.41, 5.74) is 6.74. The molecule has 48 heavy (non-hydrogen) atoms. The molecule has 0 saturated carbocycles. The molecule has 0 unspecified atom stereocenters. The van der Waals surface area contributed by atoms with Crippen LogP contribution in [0, 0.1) is 17.3 Å². The van der Waals surface area contributed by atoms with Gasteiger partial charge >= 0.3 is 0 Å². The van der Waals surface area contributed by atoms with Gasteiger partial charge in [0.05, 0.1) is 0 Å². The number of aliphatic hydroxyl groups excluding tert-OH is 1. The van der Waals surface area contributed by atoms with Gasteiger partial charge in [0.1, 0.15) is 35.4 Å². The predicted octanol–water partition coefficient (Wildman–Crippen LogP) is 9.33. The van der Waals surface area contributed by atoms with Crippen LogP contribution < -0.4 is 0 Å². The first-order valence-corrected chi connectivity index (χ1v) is 17.4. The van der Waals surface area contributed by atoms with Crippen LogP contribution in [-0.2, 0) is 17.6 Å². The van der Waals surface area contributed by atoms with Crippen LogP contribution in [0.5, 0.6) is 23.0 Å². The molecule has 4 aliphatic rings. The highest BCUT2D eigenvalue weighted by Crippen LogP contribution is 2.52. The zero-order valence-corrected chi connectivity index (χ0v) is 28.9. The van der Waals surface area contributed by atoms with Gasteiger partial charge < -0.3 is 30.3 Å². The molecular formula is C42H52O6. The molecule has 6 heteroatoms. The molecule has 6 bridgehead atoms. The maximum Gasteiger partial charge on any atom is 0.127 e. The second-order valence-electron chi connectivity index (χ2n) is 14.8. The normalized spacial score (nSPS) is 30.4. The van der Waals surface area contributed by atoms with Gasteiger partial charge in [-0.3, -0.25) is 0 Å². The molecule has 0 radical (unpaired) electrons. The van der Waals surface area contributed by atoms with Crippen molar-refractivity contribution in [3.8, 4) is 23.0 Å². The van der Waals surface area contributed by atoms with Gasteiger partial charge in [-0.1, -0.05) is 58.7 Å². The highest BCUT2D eigenvalue weighted by Gasteiger charge is 2.47. The van der Waals surface area contributed by atoms with Crippen LogP contribution in [0.4, 0.5) is 0 Å². The summed E-state index contributed by atoms with van der Waals surface area (Å²) in [5.74, 6) is -0.166. The van der Waals surface area contributed by atoms with Crippen LogP contribution in [0.1, 0.15) is 113 Å². The summed E-state index contributed by atoms with van der Waals surface area (Å²) >= 11 is 0. The Balaban J connectivity index is 1.64. The zero-order valence-electron chi connectivity index (χ0n) is 28.9. The minimum Gasteiger partial charge on any atom is -0.508 e. The van der Waals surface area contributed by atoms with Crippen LogP contribution in [-0.4, -0.2) is 31.8 Å². The van der Waals surface area contributed by atoms with Crippen molar-refractivity contribution in [2.75, 3.05) is 0 Å². The Morgan fingerprint density at radius 1 is 0.833 bits per heavy atom. The smallest absolute Gasteiger partial charge is 0.127 e. The number of allylic oxidation sites excluding steroid dienone is 8. The molecule has 2 aromatic rings. The van der Waals surface area contributed by atoms with Crippen molar-refractivity contribution in [3.05, 3.63) is 105 Å². The lowest BCUT2D eigenvalue weighted by atomic mass is 9.56. The van der Waals surface area contributed by atoms with Gasteiger partial charge in [0.15, 0.2) is 0 Å². The summed E-state index contributed by atoms with van der Waals surface area (Å²) in [5, 5.41) is 55.4. The van der Waals surface area contributed by atoms with Crippen molar-refractivity contribution in [2.24, 2.45) is 17.3 Å². The molecule has 2 aromatic carbocycles. The van der Waals surface area contributed by atoms with Crippen LogP contribution >= 0.6 is 0 Å². The lowest BCUT2D eigenvalue weighted by Crippen LogP contribution is -2.43. The third kappa shape index (κ3) is 7.49. The van der Waals surface area contributed by atoms with E-state index < -0.39 is 11.5 Å². The lowest BCUT2D eigenvalue weighted by molar-refractivity contribution is -0.123. The minimum absolute atomic E-state index is 0.0374. The van der Waals surface area contributed by atoms with Gasteiger partial charge in [-0.25, -0.2) is 0 Å². The molecule has 256 valence electrons. The molecular weight excluding hydrogens is 600 g/mol. The quantitative estimate of drug-likeness (QED) is 0.125. The van der Waals surface area contributed by atoms with E-state index in [9.17, 15) is 30.3 Å². The topological polar surface area (TPSA) is 118 Å². The van der Waals surface area contributed by atoms with Gasteiger partial charge in [0.25, 0.3) is 0 Å². The first-order valence-electron chi connectivity index (χ1n) is 17.4. The predicted molar refractivity (Wildman–Crippen MR) is 191 cm³/mol. The first kappa shape index (κ1) is 35.3. The van der Waals surface area contributed by atoms with Crippen molar-refractivity contribution >= 4 is 6.29 Å². The van der Waals surface area contributed by atoms with E-state index in [2.05, 4.69) is 31.7 Å². The van der Waals surface area contributed by atoms with Crippen molar-refractivity contribution in [2.45, 2.75) is 104 Å². The summed E-state index contributed by atoms with van der Waals surface area (Å²) in [6.45, 7) is 12.3. The van der Waals surface area contributed by atoms with Crippen LogP contribution in [0.25, 0.3) is 0 Å². The maximum absolute atomic E-state index is 13.6. The number of benzene rings is 2. The number of aldehydes is 1. The molecule has 6 nitrogen and oxygen atoms in total. The number of phenolic OH excluding ortho intramolecular Hbond substituents is 4. The Morgan fingerprint density at radius 3 is 2.31 bits per heavy atom. The van der Waals surface area contributed by atoms with Crippen LogP contribution in [0.2, 0.25) is 0 Å². The van der Waals surface area contributed by atoms with Crippen molar-refractivity contribution in [3.63, 3.8) is 0 Å². The Kier molecular flexibility index (Phi) is 10.7. The van der Waals surface area contributed by atoms with Crippen LogP contribution in [0.15, 0.2) is 83.0 Å². The Bertz CT molecular complexity index is 1690. The van der Waals surface area contributed by atoms with Gasteiger partial charge in [0.2, 0.25) is 0 Å². The van der Waals surface area contributed by atoms with E-state index in [0.29, 0.717) is 48.8 Å². The number of aromatic hydroxyl groups is 4. The standard InChI is InChI=1S/C42H52O6/c1-25(2)35-12-11-26(3)9-7-13-42(24-43)32-15-28(5)16-39(46)37-23-38(45)30(21-40(37)47)14-27(4)8-6-10-29(17-32)18-33(42)19-31-20-34(44)22-36(35)41(31)48/h8-9,16-17,20-24,32-33,35,39,44-48H,1,6-7,10-15,18-19H2,2-5H3/b26-9+,27-8-,28-16+/t32-,33+,35-,39+,42+/m1/s1. The number of fused-ring (bicyclic) bond motifs is 10. The number of carbonyl (C=O) groups is 1. The molecule has 0 aliphatic heterocycles. The number of aliphatic hydroxyl groups is 1. The SMILES string of the molecule is C=C(C)[C@H]1CC/C(C)=C/CC[C@@]2(C=O)[C@@H](CC3=C[C@H]2C/C(C)=C/[C@H](O)c2cc(O)c(cc2O)C/C(C)=C\CC3)Cc2cc(O)cc1c2O. The average molecular weight is 653 g/mol. The van der Waals surface area contributed by atoms with E-state index in [1.165, 1.54) is 23.3 Å². The average Bonchev–Trinajstić information content (AvgIpc) is 3.01. The van der Waals surface area contributed by atoms with Gasteiger partial charge in [-0.05, 0) is 134 Å². The Hall–Kier alpha value is -4.03. The van der Waals surface area contributed by atoms with Crippen molar-refractivity contribution < 1.29 is 30.3 Å². The fourth-order valence-electron chi connectivity index (χ4n) is 8.41. The highest BCUT2D eigenvalue weighted by atomic mass is 16.3. The van der Waals surface area contributed by atoms with E-state index in [-0.39, 0.29) is 46.3 Å². The Morgan fingerprint density at radius 2 is 1.58 bits per heavy atom. The number of carbonyl (C=O) groups excluding carboxylic acids is 1. The summed E-state index contributed by atoms with van der Waals surface area (Å²) < 4.78 is 0. The van der Waals surface area contributed by atoms with Crippen molar-refractivity contribution in [1.29, 1.82) is 0 Å². The molecule has 4 aliphatic carbocycles. The van der Waals surface area contributed by atoms with Crippen molar-refractivity contribution in [1.82, 2.24) is 0 Å². The third-order valence-corrected chi connectivity index (χ3v) is 11.1. The van der Waals surface area contributed by atoms with E-state index in [4.69, 9.17) is 0 Å². The van der Waals surface area contributed by atoms with E-state index in [1.807, 2.05) is 20.8 Å². The summed E-state index contributed by atoms with van der Waals surface area (Å²) in [7, 11) is 0. The van der Waals surface area contributed by atoms with E-state index in [1.54, 1.807) is 18.2 Å². The summed E-state index contributed by atoms with van der Waals surface area (Å²) in [6.07, 6.45) is 15.1. The number of hydrogen-bond donors (Lipinski definition) is 5. The number of hydrogen-bond acceptors (Lipinski definition) is 6. The lowest BCUT2D eigenvalue weighted by Gasteiger charge is -2.46. The van der Waals surface area contributed by atoms with Crippen LogP contribution in [0.3, 0.4) is 0 Å². The van der Waals surface area contributed by atoms with E-state index >= 15 is 0 Å². The highest BCUT2D eigenvalue weighted by molar-refractivity contribution is 5.63. The molecule has 6 rings (SSSR count). The minimum atomic E-state index is -1.14. The molecule has 5 atom stereocenters. The third-order valence-electron chi connectivity index (χ3n) is 11.1. The molecule has 0 amide bonds. The van der Waals surface area contributed by atoms with E-state index in [0.717, 1.165) is 55.1 Å². The number of phenols is 4. The zero-order chi connectivity index (χ0) is 34.7. The molecule has 0 fully saturated rings. The maximum atomic E-state index is 13.6. The molecule has 0 saturated heterocycles. The molecule has 0 aromatic heterocycles. The van der Waals surface area contributed by atoms with Gasteiger partial charge in [-0.15, -0.1) is 0 Å². The monoisotopic (exact) mass is 652 g/mol. The van der Waals surface area contributed by atoms with Gasteiger partial charge in [-0.2, -0.15) is 0 Å². The number of rotatable bonds is 2. The summed E-state index contributed by atoms with van der Waals surface area (Å²) in [4.78, 5) is 13.6. The molecule has 0 spiro atoms. The fraction of sp³-hybridized carbons (Fsp3) is 0.452. The molecule has 0 heterocycles. The fourth-order valence-corrected chi connectivity index (χ4v) is 8.41. The molecule has 5 N–H and O–H groups in total. The summed E-state index contributed by atoms with van der Waals surface area (Å²) in [6, 6.07) is 6.29.